The van der Waals surface area contributed by atoms with Crippen LogP contribution < -0.4 is 19.8 Å². The number of ether oxygens (including phenoxy) is 3. The van der Waals surface area contributed by atoms with E-state index < -0.39 is 6.04 Å². The van der Waals surface area contributed by atoms with Crippen LogP contribution in [0.3, 0.4) is 0 Å². The molecule has 2 atom stereocenters. The molecule has 10 nitrogen and oxygen atoms in total. The van der Waals surface area contributed by atoms with Crippen molar-refractivity contribution in [3.05, 3.63) is 69.8 Å². The van der Waals surface area contributed by atoms with E-state index in [-0.39, 0.29) is 5.56 Å². The SMILES string of the molecule is COc1ccc(Cn2nnnc2[C@@H](c2cc3cc(OC)c(OC)cc3[nH]c2=O)N2CCC[C@H](C)C2)cc1. The molecule has 0 amide bonds. The van der Waals surface area contributed by atoms with Crippen LogP contribution in [0, 0.1) is 5.92 Å². The first-order valence-electron chi connectivity index (χ1n) is 12.4. The van der Waals surface area contributed by atoms with Gasteiger partial charge in [-0.15, -0.1) is 5.10 Å². The zero-order chi connectivity index (χ0) is 25.9. The van der Waals surface area contributed by atoms with Gasteiger partial charge in [-0.05, 0) is 65.6 Å². The fourth-order valence-corrected chi connectivity index (χ4v) is 5.14. The number of benzene rings is 2. The van der Waals surface area contributed by atoms with Gasteiger partial charge in [-0.1, -0.05) is 19.1 Å². The standard InChI is InChI=1S/C27H32N6O4/c1-17-6-5-11-32(15-17)25(26-29-30-31-33(26)16-18-7-9-20(35-2)10-8-18)21-12-19-13-23(36-3)24(37-4)14-22(19)28-27(21)34/h7-10,12-14,17,25H,5-6,11,15-16H2,1-4H3,(H,28,34)/t17-,25+/m0/s1. The van der Waals surface area contributed by atoms with Crippen molar-refractivity contribution in [2.75, 3.05) is 34.4 Å². The number of H-pyrrole nitrogens is 1. The number of aromatic nitrogens is 5. The highest BCUT2D eigenvalue weighted by atomic mass is 16.5. The van der Waals surface area contributed by atoms with Crippen molar-refractivity contribution in [3.8, 4) is 17.2 Å². The molecular formula is C27H32N6O4. The average molecular weight is 505 g/mol. The Hall–Kier alpha value is -3.92. The molecule has 0 saturated carbocycles. The van der Waals surface area contributed by atoms with Crippen LogP contribution in [0.1, 0.15) is 42.8 Å². The smallest absolute Gasteiger partial charge is 0.253 e. The van der Waals surface area contributed by atoms with E-state index in [0.29, 0.717) is 40.9 Å². The van der Waals surface area contributed by atoms with E-state index in [1.807, 2.05) is 36.4 Å². The Balaban J connectivity index is 1.61. The van der Waals surface area contributed by atoms with Gasteiger partial charge in [0.25, 0.3) is 5.56 Å². The van der Waals surface area contributed by atoms with Crippen molar-refractivity contribution in [1.29, 1.82) is 0 Å². The summed E-state index contributed by atoms with van der Waals surface area (Å²) in [5.74, 6) is 3.08. The van der Waals surface area contributed by atoms with Gasteiger partial charge in [-0.25, -0.2) is 4.68 Å². The summed E-state index contributed by atoms with van der Waals surface area (Å²) >= 11 is 0. The maximum Gasteiger partial charge on any atom is 0.253 e. The van der Waals surface area contributed by atoms with Gasteiger partial charge < -0.3 is 19.2 Å². The van der Waals surface area contributed by atoms with E-state index in [4.69, 9.17) is 14.2 Å². The summed E-state index contributed by atoms with van der Waals surface area (Å²) in [7, 11) is 4.82. The average Bonchev–Trinajstić information content (AvgIpc) is 3.36. The maximum atomic E-state index is 13.5. The third kappa shape index (κ3) is 5.01. The summed E-state index contributed by atoms with van der Waals surface area (Å²) in [5, 5.41) is 13.6. The Morgan fingerprint density at radius 3 is 2.51 bits per heavy atom. The number of fused-ring (bicyclic) bond motifs is 1. The fourth-order valence-electron chi connectivity index (χ4n) is 5.14. The fraction of sp³-hybridized carbons (Fsp3) is 0.407. The molecule has 2 aromatic carbocycles. The predicted octanol–water partition coefficient (Wildman–Crippen LogP) is 3.41. The first-order valence-corrected chi connectivity index (χ1v) is 12.4. The molecule has 1 saturated heterocycles. The lowest BCUT2D eigenvalue weighted by molar-refractivity contribution is 0.141. The molecular weight excluding hydrogens is 472 g/mol. The molecule has 4 aromatic rings. The molecule has 1 fully saturated rings. The summed E-state index contributed by atoms with van der Waals surface area (Å²) in [6.45, 7) is 4.42. The second-order valence-corrected chi connectivity index (χ2v) is 9.54. The molecule has 1 aliphatic heterocycles. The Morgan fingerprint density at radius 2 is 1.81 bits per heavy atom. The number of likely N-dealkylation sites (tertiary alicyclic amines) is 1. The molecule has 0 unspecified atom stereocenters. The minimum atomic E-state index is -0.405. The van der Waals surface area contributed by atoms with Crippen molar-refractivity contribution in [2.24, 2.45) is 5.92 Å². The van der Waals surface area contributed by atoms with Crippen LogP contribution in [0.25, 0.3) is 10.9 Å². The van der Waals surface area contributed by atoms with Gasteiger partial charge in [0.15, 0.2) is 17.3 Å². The number of methoxy groups -OCH3 is 3. The van der Waals surface area contributed by atoms with E-state index >= 15 is 0 Å². The number of aromatic amines is 1. The van der Waals surface area contributed by atoms with Gasteiger partial charge in [0.1, 0.15) is 11.8 Å². The molecule has 1 N–H and O–H groups in total. The van der Waals surface area contributed by atoms with Crippen molar-refractivity contribution in [3.63, 3.8) is 0 Å². The molecule has 0 radical (unpaired) electrons. The first kappa shape index (κ1) is 24.8. The van der Waals surface area contributed by atoms with Crippen LogP contribution in [0.4, 0.5) is 0 Å². The highest BCUT2D eigenvalue weighted by Gasteiger charge is 2.33. The highest BCUT2D eigenvalue weighted by molar-refractivity contribution is 5.83. The molecule has 0 aliphatic carbocycles. The zero-order valence-electron chi connectivity index (χ0n) is 21.6. The molecule has 1 aliphatic rings. The van der Waals surface area contributed by atoms with Crippen LogP contribution in [0.15, 0.2) is 47.3 Å². The lowest BCUT2D eigenvalue weighted by Crippen LogP contribution is -2.41. The second kappa shape index (κ2) is 10.6. The van der Waals surface area contributed by atoms with Gasteiger partial charge in [0.05, 0.1) is 33.4 Å². The quantitative estimate of drug-likeness (QED) is 0.389. The van der Waals surface area contributed by atoms with Crippen LogP contribution in [0.5, 0.6) is 17.2 Å². The Kier molecular flexibility index (Phi) is 7.09. The maximum absolute atomic E-state index is 13.5. The number of nitrogens with one attached hydrogen (secondary N) is 1. The number of hydrogen-bond acceptors (Lipinski definition) is 8. The number of hydrogen-bond donors (Lipinski definition) is 1. The summed E-state index contributed by atoms with van der Waals surface area (Å²) in [6, 6.07) is 13.0. The molecule has 0 bridgehead atoms. The minimum absolute atomic E-state index is 0.179. The molecule has 0 spiro atoms. The highest BCUT2D eigenvalue weighted by Crippen LogP contribution is 2.34. The van der Waals surface area contributed by atoms with Gasteiger partial charge in [-0.3, -0.25) is 9.69 Å². The normalized spacial score (nSPS) is 17.0. The lowest BCUT2D eigenvalue weighted by Gasteiger charge is -2.36. The van der Waals surface area contributed by atoms with E-state index in [1.165, 1.54) is 0 Å². The number of nitrogens with zero attached hydrogens (tertiary/aromatic N) is 5. The number of pyridine rings is 1. The molecule has 3 heterocycles. The van der Waals surface area contributed by atoms with Gasteiger partial charge in [0.2, 0.25) is 0 Å². The molecule has 194 valence electrons. The van der Waals surface area contributed by atoms with Crippen molar-refractivity contribution in [2.45, 2.75) is 32.4 Å². The summed E-state index contributed by atoms with van der Waals surface area (Å²) < 4.78 is 18.0. The largest absolute Gasteiger partial charge is 0.497 e. The second-order valence-electron chi connectivity index (χ2n) is 9.54. The topological polar surface area (TPSA) is 107 Å². The van der Waals surface area contributed by atoms with Crippen LogP contribution >= 0.6 is 0 Å². The monoisotopic (exact) mass is 504 g/mol. The van der Waals surface area contributed by atoms with E-state index in [1.54, 1.807) is 32.1 Å². The van der Waals surface area contributed by atoms with Gasteiger partial charge >= 0.3 is 0 Å². The number of piperidine rings is 1. The van der Waals surface area contributed by atoms with Gasteiger partial charge in [-0.2, -0.15) is 0 Å². The molecule has 5 rings (SSSR count). The summed E-state index contributed by atoms with van der Waals surface area (Å²) in [6.07, 6.45) is 2.21. The van der Waals surface area contributed by atoms with Crippen molar-refractivity contribution in [1.82, 2.24) is 30.1 Å². The van der Waals surface area contributed by atoms with Crippen molar-refractivity contribution < 1.29 is 14.2 Å². The molecule has 2 aromatic heterocycles. The Labute approximate surface area is 215 Å². The van der Waals surface area contributed by atoms with E-state index in [9.17, 15) is 4.79 Å². The lowest BCUT2D eigenvalue weighted by atomic mass is 9.95. The van der Waals surface area contributed by atoms with Crippen LogP contribution in [-0.4, -0.2) is 64.5 Å². The number of tetrazole rings is 1. The zero-order valence-corrected chi connectivity index (χ0v) is 21.6. The third-order valence-electron chi connectivity index (χ3n) is 7.02. The van der Waals surface area contributed by atoms with E-state index in [0.717, 1.165) is 42.6 Å². The van der Waals surface area contributed by atoms with Crippen molar-refractivity contribution >= 4 is 10.9 Å². The predicted molar refractivity (Wildman–Crippen MR) is 139 cm³/mol. The number of rotatable bonds is 8. The van der Waals surface area contributed by atoms with E-state index in [2.05, 4.69) is 32.3 Å². The Bertz CT molecular complexity index is 1430. The first-order chi connectivity index (χ1) is 18.0. The third-order valence-corrected chi connectivity index (χ3v) is 7.02. The molecule has 10 heteroatoms. The summed E-state index contributed by atoms with van der Waals surface area (Å²) in [5.41, 5.74) is 2.13. The van der Waals surface area contributed by atoms with Gasteiger partial charge in [0, 0.05) is 23.6 Å². The van der Waals surface area contributed by atoms with Crippen LogP contribution in [0.2, 0.25) is 0 Å². The summed E-state index contributed by atoms with van der Waals surface area (Å²) in [4.78, 5) is 18.9. The molecule has 37 heavy (non-hydrogen) atoms. The minimum Gasteiger partial charge on any atom is -0.497 e. The Morgan fingerprint density at radius 1 is 1.05 bits per heavy atom. The van der Waals surface area contributed by atoms with Crippen LogP contribution in [-0.2, 0) is 6.54 Å².